The number of anilines is 1. The predicted molar refractivity (Wildman–Crippen MR) is 65.8 cm³/mol. The first-order chi connectivity index (χ1) is 8.14. The van der Waals surface area contributed by atoms with Crippen molar-refractivity contribution in [1.29, 1.82) is 0 Å². The van der Waals surface area contributed by atoms with E-state index >= 15 is 0 Å². The first-order valence-corrected chi connectivity index (χ1v) is 7.96. The van der Waals surface area contributed by atoms with Gasteiger partial charge in [0.05, 0.1) is 11.5 Å². The smallest absolute Gasteiger partial charge is 0.203 e. The van der Waals surface area contributed by atoms with Crippen LogP contribution in [0.15, 0.2) is 12.4 Å². The fraction of sp³-hybridized carbons (Fsp3) is 0.727. The Kier molecular flexibility index (Phi) is 2.61. The quantitative estimate of drug-likeness (QED) is 0.881. The van der Waals surface area contributed by atoms with Crippen LogP contribution < -0.4 is 5.32 Å². The lowest BCUT2D eigenvalue weighted by Crippen LogP contribution is -2.32. The molecule has 3 rings (SSSR count). The number of hydrogen-bond donors (Lipinski definition) is 1. The number of aromatic nitrogens is 2. The summed E-state index contributed by atoms with van der Waals surface area (Å²) in [4.78, 5) is 4.31. The van der Waals surface area contributed by atoms with Crippen molar-refractivity contribution in [2.75, 3.05) is 16.8 Å². The third-order valence-corrected chi connectivity index (χ3v) is 5.21. The summed E-state index contributed by atoms with van der Waals surface area (Å²) in [6, 6.07) is 0.853. The molecule has 1 aromatic heterocycles. The van der Waals surface area contributed by atoms with Gasteiger partial charge in [-0.25, -0.2) is 13.4 Å². The molecule has 6 heteroatoms. The molecule has 0 radical (unpaired) electrons. The van der Waals surface area contributed by atoms with Crippen molar-refractivity contribution in [3.05, 3.63) is 12.4 Å². The van der Waals surface area contributed by atoms with Crippen LogP contribution in [0.5, 0.6) is 0 Å². The SMILES string of the molecule is O=S1(=O)CCC(Nc2nccn2C2CC2)CC1. The maximum absolute atomic E-state index is 11.3. The number of rotatable bonds is 3. The van der Waals surface area contributed by atoms with Crippen LogP contribution in [0.2, 0.25) is 0 Å². The molecular weight excluding hydrogens is 238 g/mol. The van der Waals surface area contributed by atoms with Gasteiger partial charge < -0.3 is 9.88 Å². The highest BCUT2D eigenvalue weighted by Gasteiger charge is 2.28. The maximum Gasteiger partial charge on any atom is 0.203 e. The van der Waals surface area contributed by atoms with E-state index in [9.17, 15) is 8.42 Å². The summed E-state index contributed by atoms with van der Waals surface area (Å²) in [6.07, 6.45) is 7.65. The van der Waals surface area contributed by atoms with Gasteiger partial charge in [0.1, 0.15) is 9.84 Å². The molecule has 0 amide bonds. The fourth-order valence-corrected chi connectivity index (χ4v) is 3.78. The van der Waals surface area contributed by atoms with E-state index in [1.54, 1.807) is 6.20 Å². The van der Waals surface area contributed by atoms with Gasteiger partial charge in [-0.3, -0.25) is 0 Å². The zero-order chi connectivity index (χ0) is 11.9. The molecule has 5 nitrogen and oxygen atoms in total. The number of nitrogens with one attached hydrogen (secondary N) is 1. The Balaban J connectivity index is 1.65. The van der Waals surface area contributed by atoms with Crippen LogP contribution in [0.25, 0.3) is 0 Å². The molecule has 2 heterocycles. The van der Waals surface area contributed by atoms with Crippen molar-refractivity contribution in [1.82, 2.24) is 9.55 Å². The highest BCUT2D eigenvalue weighted by molar-refractivity contribution is 7.91. The second-order valence-corrected chi connectivity index (χ2v) is 7.26. The Morgan fingerprint density at radius 3 is 2.59 bits per heavy atom. The molecule has 0 bridgehead atoms. The van der Waals surface area contributed by atoms with Crippen LogP contribution >= 0.6 is 0 Å². The van der Waals surface area contributed by atoms with Crippen LogP contribution in [-0.4, -0.2) is 35.5 Å². The number of hydrogen-bond acceptors (Lipinski definition) is 4. The van der Waals surface area contributed by atoms with Gasteiger partial charge in [-0.1, -0.05) is 0 Å². The summed E-state index contributed by atoms with van der Waals surface area (Å²) in [6.45, 7) is 0. The van der Waals surface area contributed by atoms with Crippen LogP contribution in [0.1, 0.15) is 31.7 Å². The molecule has 2 fully saturated rings. The van der Waals surface area contributed by atoms with Gasteiger partial charge in [0.25, 0.3) is 0 Å². The number of sulfone groups is 1. The van der Waals surface area contributed by atoms with E-state index in [1.807, 2.05) is 6.20 Å². The van der Waals surface area contributed by atoms with Crippen molar-refractivity contribution in [2.45, 2.75) is 37.8 Å². The van der Waals surface area contributed by atoms with Crippen molar-refractivity contribution >= 4 is 15.8 Å². The molecule has 1 saturated carbocycles. The summed E-state index contributed by atoms with van der Waals surface area (Å²) < 4.78 is 24.8. The second kappa shape index (κ2) is 4.01. The molecule has 1 aromatic rings. The lowest BCUT2D eigenvalue weighted by Gasteiger charge is -2.23. The molecule has 1 aliphatic heterocycles. The van der Waals surface area contributed by atoms with Gasteiger partial charge in [0, 0.05) is 24.5 Å². The normalized spacial score (nSPS) is 24.7. The Morgan fingerprint density at radius 1 is 1.24 bits per heavy atom. The second-order valence-electron chi connectivity index (χ2n) is 4.96. The van der Waals surface area contributed by atoms with Gasteiger partial charge in [-0.2, -0.15) is 0 Å². The lowest BCUT2D eigenvalue weighted by molar-refractivity contribution is 0.556. The molecule has 2 aliphatic rings. The maximum atomic E-state index is 11.3. The topological polar surface area (TPSA) is 64.0 Å². The van der Waals surface area contributed by atoms with Gasteiger partial charge in [-0.15, -0.1) is 0 Å². The summed E-state index contributed by atoms with van der Waals surface area (Å²) in [5.74, 6) is 1.50. The van der Waals surface area contributed by atoms with E-state index in [-0.39, 0.29) is 6.04 Å². The standard InChI is InChI=1S/C11H17N3O2S/c15-17(16)7-3-9(4-8-17)13-11-12-5-6-14(11)10-1-2-10/h5-6,9-10H,1-4,7-8H2,(H,12,13). The van der Waals surface area contributed by atoms with E-state index in [0.29, 0.717) is 30.4 Å². The van der Waals surface area contributed by atoms with Crippen molar-refractivity contribution in [2.24, 2.45) is 0 Å². The molecule has 94 valence electrons. The molecule has 1 saturated heterocycles. The first kappa shape index (κ1) is 11.1. The van der Waals surface area contributed by atoms with Gasteiger partial charge in [0.15, 0.2) is 0 Å². The van der Waals surface area contributed by atoms with E-state index < -0.39 is 9.84 Å². The Hall–Kier alpha value is -1.04. The van der Waals surface area contributed by atoms with Crippen molar-refractivity contribution < 1.29 is 8.42 Å². The average Bonchev–Trinajstić information content (AvgIpc) is 3.03. The minimum atomic E-state index is -2.78. The van der Waals surface area contributed by atoms with Crippen LogP contribution in [-0.2, 0) is 9.84 Å². The average molecular weight is 255 g/mol. The van der Waals surface area contributed by atoms with Crippen molar-refractivity contribution in [3.8, 4) is 0 Å². The minimum Gasteiger partial charge on any atom is -0.353 e. The first-order valence-electron chi connectivity index (χ1n) is 6.14. The van der Waals surface area contributed by atoms with Gasteiger partial charge >= 0.3 is 0 Å². The third kappa shape index (κ3) is 2.46. The minimum absolute atomic E-state index is 0.249. The number of nitrogens with zero attached hydrogens (tertiary/aromatic N) is 2. The van der Waals surface area contributed by atoms with E-state index in [2.05, 4.69) is 14.9 Å². The fourth-order valence-electron chi connectivity index (χ4n) is 2.29. The van der Waals surface area contributed by atoms with E-state index in [1.165, 1.54) is 12.8 Å². The van der Waals surface area contributed by atoms with Gasteiger partial charge in [0.2, 0.25) is 5.95 Å². The largest absolute Gasteiger partial charge is 0.353 e. The zero-order valence-electron chi connectivity index (χ0n) is 9.67. The molecule has 0 spiro atoms. The molecule has 17 heavy (non-hydrogen) atoms. The number of imidazole rings is 1. The summed E-state index contributed by atoms with van der Waals surface area (Å²) in [5.41, 5.74) is 0. The van der Waals surface area contributed by atoms with E-state index in [4.69, 9.17) is 0 Å². The van der Waals surface area contributed by atoms with E-state index in [0.717, 1.165) is 5.95 Å². The highest BCUT2D eigenvalue weighted by atomic mass is 32.2. The Morgan fingerprint density at radius 2 is 1.94 bits per heavy atom. The summed E-state index contributed by atoms with van der Waals surface area (Å²) in [7, 11) is -2.78. The zero-order valence-corrected chi connectivity index (χ0v) is 10.5. The molecule has 1 aliphatic carbocycles. The van der Waals surface area contributed by atoms with Crippen LogP contribution in [0, 0.1) is 0 Å². The molecule has 0 atom stereocenters. The molecule has 1 N–H and O–H groups in total. The predicted octanol–water partition coefficient (Wildman–Crippen LogP) is 1.21. The van der Waals surface area contributed by atoms with Gasteiger partial charge in [-0.05, 0) is 25.7 Å². The monoisotopic (exact) mass is 255 g/mol. The summed E-state index contributed by atoms with van der Waals surface area (Å²) in [5, 5.41) is 3.38. The Labute approximate surface area is 101 Å². The lowest BCUT2D eigenvalue weighted by atomic mass is 10.2. The third-order valence-electron chi connectivity index (χ3n) is 3.50. The highest BCUT2D eigenvalue weighted by Crippen LogP contribution is 2.37. The summed E-state index contributed by atoms with van der Waals surface area (Å²) >= 11 is 0. The Bertz CT molecular complexity index is 491. The van der Waals surface area contributed by atoms with Crippen LogP contribution in [0.3, 0.4) is 0 Å². The molecule has 0 unspecified atom stereocenters. The van der Waals surface area contributed by atoms with Crippen LogP contribution in [0.4, 0.5) is 5.95 Å². The van der Waals surface area contributed by atoms with Crippen molar-refractivity contribution in [3.63, 3.8) is 0 Å². The molecule has 0 aromatic carbocycles. The molecular formula is C11H17N3O2S.